The number of anilines is 1. The number of hydrogen-bond donors (Lipinski definition) is 1. The van der Waals surface area contributed by atoms with E-state index in [1.54, 1.807) is 0 Å². The van der Waals surface area contributed by atoms with Crippen LogP contribution in [0.2, 0.25) is 0 Å². The fourth-order valence-corrected chi connectivity index (χ4v) is 5.62. The third-order valence-corrected chi connectivity index (χ3v) is 7.98. The number of piperazine rings is 1. The van der Waals surface area contributed by atoms with E-state index in [2.05, 4.69) is 15.3 Å². The second-order valence-electron chi connectivity index (χ2n) is 8.22. The largest absolute Gasteiger partial charge is 0.374 e. The lowest BCUT2D eigenvalue weighted by atomic mass is 10.2. The van der Waals surface area contributed by atoms with Crippen molar-refractivity contribution in [2.75, 3.05) is 38.5 Å². The molecule has 2 aromatic rings. The van der Waals surface area contributed by atoms with Crippen LogP contribution in [0.1, 0.15) is 37.4 Å². The van der Waals surface area contributed by atoms with E-state index in [1.807, 2.05) is 24.0 Å². The van der Waals surface area contributed by atoms with Gasteiger partial charge in [-0.3, -0.25) is 14.8 Å². The number of likely N-dealkylation sites (N-methyl/N-ethyl adjacent to an activating group) is 1. The molecule has 0 bridgehead atoms. The Labute approximate surface area is 182 Å². The lowest BCUT2D eigenvalue weighted by Crippen LogP contribution is -2.47. The van der Waals surface area contributed by atoms with Crippen LogP contribution in [0.5, 0.6) is 0 Å². The Morgan fingerprint density at radius 2 is 1.87 bits per heavy atom. The fourth-order valence-electron chi connectivity index (χ4n) is 4.18. The highest BCUT2D eigenvalue weighted by Crippen LogP contribution is 2.31. The molecule has 0 unspecified atom stereocenters. The average molecular weight is 449 g/mol. The highest BCUT2D eigenvalue weighted by Gasteiger charge is 2.29. The maximum Gasteiger partial charge on any atom is 0.293 e. The first-order valence-corrected chi connectivity index (χ1v) is 12.0. The molecule has 0 radical (unpaired) electrons. The Balaban J connectivity index is 1.49. The van der Waals surface area contributed by atoms with Crippen LogP contribution < -0.4 is 5.32 Å². The van der Waals surface area contributed by atoms with Crippen LogP contribution in [0.15, 0.2) is 35.4 Å². The summed E-state index contributed by atoms with van der Waals surface area (Å²) in [6.07, 6.45) is 6.64. The molecule has 2 fully saturated rings. The Morgan fingerprint density at radius 1 is 1.16 bits per heavy atom. The van der Waals surface area contributed by atoms with Crippen LogP contribution in [0.4, 0.5) is 11.4 Å². The minimum Gasteiger partial charge on any atom is -0.374 e. The quantitative estimate of drug-likeness (QED) is 0.511. The van der Waals surface area contributed by atoms with Crippen molar-refractivity contribution in [1.29, 1.82) is 0 Å². The Morgan fingerprint density at radius 3 is 2.55 bits per heavy atom. The van der Waals surface area contributed by atoms with Crippen LogP contribution in [-0.4, -0.2) is 65.6 Å². The maximum atomic E-state index is 12.9. The number of hydrogen-bond acceptors (Lipinski definition) is 7. The second kappa shape index (κ2) is 8.93. The van der Waals surface area contributed by atoms with Crippen molar-refractivity contribution in [1.82, 2.24) is 19.0 Å². The molecule has 1 aliphatic carbocycles. The minimum absolute atomic E-state index is 0.0557. The standard InChI is InChI=1S/C20H28N6O4S/c1-23-10-12-24(13-11-23)31(29,30)18-6-7-19(20(14-18)26(27)28)21-15-16-8-9-25(22-16)17-4-2-3-5-17/h6-9,14,17,21H,2-5,10-13,15H2,1H3. The average Bonchev–Trinajstić information content (AvgIpc) is 3.44. The number of benzene rings is 1. The molecule has 0 spiro atoms. The Bertz CT molecular complexity index is 1040. The van der Waals surface area contributed by atoms with Crippen LogP contribution >= 0.6 is 0 Å². The number of nitrogens with zero attached hydrogens (tertiary/aromatic N) is 5. The third-order valence-electron chi connectivity index (χ3n) is 6.09. The fraction of sp³-hybridized carbons (Fsp3) is 0.550. The van der Waals surface area contributed by atoms with E-state index >= 15 is 0 Å². The molecule has 11 heteroatoms. The summed E-state index contributed by atoms with van der Waals surface area (Å²) in [7, 11) is -1.84. The van der Waals surface area contributed by atoms with Gasteiger partial charge in [0.15, 0.2) is 0 Å². The van der Waals surface area contributed by atoms with Gasteiger partial charge in [-0.1, -0.05) is 12.8 Å². The number of nitrogens with one attached hydrogen (secondary N) is 1. The first kappa shape index (κ1) is 21.7. The molecular formula is C20H28N6O4S. The minimum atomic E-state index is -3.77. The van der Waals surface area contributed by atoms with Crippen LogP contribution in [0.3, 0.4) is 0 Å². The maximum absolute atomic E-state index is 12.9. The van der Waals surface area contributed by atoms with E-state index in [4.69, 9.17) is 0 Å². The Hall–Kier alpha value is -2.50. The van der Waals surface area contributed by atoms with Gasteiger partial charge in [0.2, 0.25) is 10.0 Å². The molecule has 31 heavy (non-hydrogen) atoms. The molecule has 2 aliphatic rings. The normalized spacial score (nSPS) is 19.0. The predicted molar refractivity (Wildman–Crippen MR) is 116 cm³/mol. The number of sulfonamides is 1. The summed E-state index contributed by atoms with van der Waals surface area (Å²) in [5.74, 6) is 0. The molecular weight excluding hydrogens is 420 g/mol. The van der Waals surface area contributed by atoms with Crippen molar-refractivity contribution < 1.29 is 13.3 Å². The molecule has 1 N–H and O–H groups in total. The van der Waals surface area contributed by atoms with Gasteiger partial charge in [-0.25, -0.2) is 8.42 Å². The van der Waals surface area contributed by atoms with E-state index < -0.39 is 14.9 Å². The number of aromatic nitrogens is 2. The van der Waals surface area contributed by atoms with Gasteiger partial charge in [0, 0.05) is 38.4 Å². The molecule has 2 heterocycles. The van der Waals surface area contributed by atoms with Gasteiger partial charge in [-0.15, -0.1) is 0 Å². The summed E-state index contributed by atoms with van der Waals surface area (Å²) in [4.78, 5) is 13.1. The Kier molecular flexibility index (Phi) is 6.26. The molecule has 10 nitrogen and oxygen atoms in total. The molecule has 168 valence electrons. The molecule has 1 aromatic heterocycles. The van der Waals surface area contributed by atoms with Gasteiger partial charge in [-0.2, -0.15) is 9.40 Å². The van der Waals surface area contributed by atoms with E-state index in [9.17, 15) is 18.5 Å². The van der Waals surface area contributed by atoms with Crippen molar-refractivity contribution in [2.45, 2.75) is 43.2 Å². The molecule has 4 rings (SSSR count). The summed E-state index contributed by atoms with van der Waals surface area (Å²) in [5.41, 5.74) is 0.804. The van der Waals surface area contributed by atoms with Gasteiger partial charge >= 0.3 is 0 Å². The lowest BCUT2D eigenvalue weighted by molar-refractivity contribution is -0.384. The third kappa shape index (κ3) is 4.73. The smallest absolute Gasteiger partial charge is 0.293 e. The number of rotatable bonds is 7. The number of nitro groups is 1. The van der Waals surface area contributed by atoms with E-state index in [0.29, 0.717) is 38.8 Å². The van der Waals surface area contributed by atoms with Crippen LogP contribution in [0, 0.1) is 10.1 Å². The van der Waals surface area contributed by atoms with Crippen LogP contribution in [0.25, 0.3) is 0 Å². The first-order chi connectivity index (χ1) is 14.8. The monoisotopic (exact) mass is 448 g/mol. The molecule has 0 amide bonds. The molecule has 1 saturated carbocycles. The van der Waals surface area contributed by atoms with Gasteiger partial charge in [0.05, 0.1) is 28.1 Å². The van der Waals surface area contributed by atoms with E-state index in [0.717, 1.165) is 24.6 Å². The second-order valence-corrected chi connectivity index (χ2v) is 10.2. The van der Waals surface area contributed by atoms with Gasteiger partial charge in [0.1, 0.15) is 5.69 Å². The SMILES string of the molecule is CN1CCN(S(=O)(=O)c2ccc(NCc3ccn(C4CCCC4)n3)c([N+](=O)[O-])c2)CC1. The summed E-state index contributed by atoms with van der Waals surface area (Å²) < 4.78 is 29.2. The summed E-state index contributed by atoms with van der Waals surface area (Å²) in [6.45, 7) is 2.33. The van der Waals surface area contributed by atoms with Crippen molar-refractivity contribution in [3.8, 4) is 0 Å². The van der Waals surface area contributed by atoms with E-state index in [-0.39, 0.29) is 16.3 Å². The van der Waals surface area contributed by atoms with Gasteiger partial charge in [-0.05, 0) is 38.1 Å². The zero-order chi connectivity index (χ0) is 22.0. The highest BCUT2D eigenvalue weighted by molar-refractivity contribution is 7.89. The highest BCUT2D eigenvalue weighted by atomic mass is 32.2. The molecule has 1 saturated heterocycles. The zero-order valence-corrected chi connectivity index (χ0v) is 18.4. The summed E-state index contributed by atoms with van der Waals surface area (Å²) in [6, 6.07) is 6.38. The topological polar surface area (TPSA) is 114 Å². The summed E-state index contributed by atoms with van der Waals surface area (Å²) >= 11 is 0. The van der Waals surface area contributed by atoms with Gasteiger partial charge in [0.25, 0.3) is 5.69 Å². The zero-order valence-electron chi connectivity index (χ0n) is 17.6. The lowest BCUT2D eigenvalue weighted by Gasteiger charge is -2.31. The van der Waals surface area contributed by atoms with Crippen molar-refractivity contribution >= 4 is 21.4 Å². The van der Waals surface area contributed by atoms with Crippen LogP contribution in [-0.2, 0) is 16.6 Å². The van der Waals surface area contributed by atoms with Crippen molar-refractivity contribution in [2.24, 2.45) is 0 Å². The van der Waals surface area contributed by atoms with E-state index in [1.165, 1.54) is 29.3 Å². The van der Waals surface area contributed by atoms with Crippen molar-refractivity contribution in [3.05, 3.63) is 46.3 Å². The van der Waals surface area contributed by atoms with Crippen molar-refractivity contribution in [3.63, 3.8) is 0 Å². The predicted octanol–water partition coefficient (Wildman–Crippen LogP) is 2.45. The molecule has 1 aliphatic heterocycles. The molecule has 1 aromatic carbocycles. The van der Waals surface area contributed by atoms with Gasteiger partial charge < -0.3 is 10.2 Å². The summed E-state index contributed by atoms with van der Waals surface area (Å²) in [5, 5.41) is 19.3. The first-order valence-electron chi connectivity index (χ1n) is 10.6. The molecule has 0 atom stereocenters. The number of nitro benzene ring substituents is 1.